The number of carbonyl (C=O) groups is 1. The van der Waals surface area contributed by atoms with Gasteiger partial charge in [0.15, 0.2) is 0 Å². The lowest BCUT2D eigenvalue weighted by Crippen LogP contribution is -2.38. The molecule has 124 valence electrons. The van der Waals surface area contributed by atoms with Gasteiger partial charge in [-0.05, 0) is 32.0 Å². The Kier molecular flexibility index (Phi) is 9.26. The average Bonchev–Trinajstić information content (AvgIpc) is 2.52. The van der Waals surface area contributed by atoms with Crippen LogP contribution in [-0.4, -0.2) is 69.8 Å². The number of hydrogen-bond donors (Lipinski definition) is 0. The van der Waals surface area contributed by atoms with Crippen LogP contribution in [0.15, 0.2) is 30.3 Å². The first kappa shape index (κ1) is 18.5. The summed E-state index contributed by atoms with van der Waals surface area (Å²) in [6.07, 6.45) is 1.76. The van der Waals surface area contributed by atoms with Crippen molar-refractivity contribution in [2.24, 2.45) is 0 Å². The molecule has 0 saturated heterocycles. The minimum atomic E-state index is 0.139. The highest BCUT2D eigenvalue weighted by Crippen LogP contribution is 2.08. The number of carbonyl (C=O) groups excluding carboxylic acids is 1. The van der Waals surface area contributed by atoms with E-state index in [1.54, 1.807) is 12.0 Å². The Labute approximate surface area is 133 Å². The number of rotatable bonds is 11. The number of amides is 1. The molecule has 22 heavy (non-hydrogen) atoms. The van der Waals surface area contributed by atoms with E-state index in [9.17, 15) is 4.79 Å². The van der Waals surface area contributed by atoms with E-state index in [1.807, 2.05) is 49.3 Å². The minimum absolute atomic E-state index is 0.139. The van der Waals surface area contributed by atoms with Gasteiger partial charge in [-0.15, -0.1) is 0 Å². The van der Waals surface area contributed by atoms with Crippen molar-refractivity contribution in [1.29, 1.82) is 0 Å². The van der Waals surface area contributed by atoms with E-state index in [1.165, 1.54) is 0 Å². The van der Waals surface area contributed by atoms with E-state index in [2.05, 4.69) is 0 Å². The van der Waals surface area contributed by atoms with Gasteiger partial charge < -0.3 is 14.4 Å². The highest BCUT2D eigenvalue weighted by Gasteiger charge is 2.11. The van der Waals surface area contributed by atoms with E-state index < -0.39 is 0 Å². The molecule has 0 heterocycles. The van der Waals surface area contributed by atoms with Crippen LogP contribution in [0.2, 0.25) is 0 Å². The number of likely N-dealkylation sites (N-methyl/N-ethyl adjacent to an activating group) is 2. The molecule has 0 fully saturated rings. The predicted octanol–water partition coefficient (Wildman–Crippen LogP) is 1.88. The van der Waals surface area contributed by atoms with Gasteiger partial charge in [0.2, 0.25) is 5.91 Å². The maximum atomic E-state index is 12.1. The number of ether oxygens (including phenoxy) is 2. The molecular formula is C17H28N2O3. The van der Waals surface area contributed by atoms with Gasteiger partial charge >= 0.3 is 0 Å². The molecule has 0 unspecified atom stereocenters. The summed E-state index contributed by atoms with van der Waals surface area (Å²) in [4.78, 5) is 15.9. The monoisotopic (exact) mass is 308 g/mol. The first-order valence-corrected chi connectivity index (χ1v) is 7.72. The molecule has 1 aromatic carbocycles. The van der Waals surface area contributed by atoms with E-state index in [0.29, 0.717) is 19.7 Å². The Bertz CT molecular complexity index is 412. The highest BCUT2D eigenvalue weighted by atomic mass is 16.5. The summed E-state index contributed by atoms with van der Waals surface area (Å²) in [6.45, 7) is 3.36. The van der Waals surface area contributed by atoms with E-state index >= 15 is 0 Å². The maximum Gasteiger partial charge on any atom is 0.236 e. The van der Waals surface area contributed by atoms with Gasteiger partial charge in [0.1, 0.15) is 5.75 Å². The average molecular weight is 308 g/mol. The van der Waals surface area contributed by atoms with Crippen molar-refractivity contribution in [1.82, 2.24) is 9.80 Å². The van der Waals surface area contributed by atoms with Crippen LogP contribution in [0.25, 0.3) is 0 Å². The molecule has 5 nitrogen and oxygen atoms in total. The third-order valence-electron chi connectivity index (χ3n) is 3.37. The van der Waals surface area contributed by atoms with Crippen LogP contribution in [0.1, 0.15) is 12.8 Å². The third-order valence-corrected chi connectivity index (χ3v) is 3.37. The molecule has 0 aromatic heterocycles. The van der Waals surface area contributed by atoms with Crippen LogP contribution >= 0.6 is 0 Å². The topological polar surface area (TPSA) is 42.0 Å². The second-order valence-corrected chi connectivity index (χ2v) is 5.41. The van der Waals surface area contributed by atoms with Crippen molar-refractivity contribution >= 4 is 5.91 Å². The molecule has 5 heteroatoms. The quantitative estimate of drug-likeness (QED) is 0.585. The summed E-state index contributed by atoms with van der Waals surface area (Å²) in [6, 6.07) is 9.73. The molecule has 1 amide bonds. The lowest BCUT2D eigenvalue weighted by molar-refractivity contribution is -0.130. The first-order valence-electron chi connectivity index (χ1n) is 7.72. The Morgan fingerprint density at radius 3 is 2.41 bits per heavy atom. The van der Waals surface area contributed by atoms with Crippen molar-refractivity contribution in [3.8, 4) is 5.75 Å². The van der Waals surface area contributed by atoms with Gasteiger partial charge in [-0.1, -0.05) is 18.2 Å². The molecule has 0 atom stereocenters. The molecule has 0 bridgehead atoms. The number of methoxy groups -OCH3 is 1. The van der Waals surface area contributed by atoms with Gasteiger partial charge in [0.25, 0.3) is 0 Å². The number of benzene rings is 1. The van der Waals surface area contributed by atoms with E-state index in [4.69, 9.17) is 9.47 Å². The summed E-state index contributed by atoms with van der Waals surface area (Å²) in [5, 5.41) is 0. The van der Waals surface area contributed by atoms with Crippen LogP contribution in [0.5, 0.6) is 5.75 Å². The van der Waals surface area contributed by atoms with Crippen molar-refractivity contribution in [3.05, 3.63) is 30.3 Å². The molecule has 1 rings (SSSR count). The van der Waals surface area contributed by atoms with Crippen LogP contribution in [0.4, 0.5) is 0 Å². The zero-order valence-corrected chi connectivity index (χ0v) is 14.0. The molecule has 0 saturated carbocycles. The van der Waals surface area contributed by atoms with Crippen molar-refractivity contribution < 1.29 is 14.3 Å². The molecule has 0 N–H and O–H groups in total. The highest BCUT2D eigenvalue weighted by molar-refractivity contribution is 5.77. The molecule has 1 aromatic rings. The zero-order chi connectivity index (χ0) is 16.2. The lowest BCUT2D eigenvalue weighted by atomic mass is 10.3. The predicted molar refractivity (Wildman–Crippen MR) is 88.2 cm³/mol. The van der Waals surface area contributed by atoms with Gasteiger partial charge in [-0.3, -0.25) is 9.69 Å². The molecule has 0 aliphatic carbocycles. The van der Waals surface area contributed by atoms with Gasteiger partial charge in [0, 0.05) is 33.9 Å². The van der Waals surface area contributed by atoms with Crippen molar-refractivity contribution in [3.63, 3.8) is 0 Å². The minimum Gasteiger partial charge on any atom is -0.494 e. The number of hydrogen-bond acceptors (Lipinski definition) is 4. The summed E-state index contributed by atoms with van der Waals surface area (Å²) < 4.78 is 10.6. The molecule has 0 spiro atoms. The summed E-state index contributed by atoms with van der Waals surface area (Å²) in [5.41, 5.74) is 0. The van der Waals surface area contributed by atoms with Crippen LogP contribution in [0.3, 0.4) is 0 Å². The van der Waals surface area contributed by atoms with Gasteiger partial charge in [-0.2, -0.15) is 0 Å². The standard InChI is InChI=1S/C17H28N2O3/c1-18(11-7-13-21-3)15-17(20)19(2)12-8-14-22-16-9-5-4-6-10-16/h4-6,9-10H,7-8,11-15H2,1-3H3. The third kappa shape index (κ3) is 8.00. The first-order chi connectivity index (χ1) is 10.6. The molecule has 0 aliphatic heterocycles. The maximum absolute atomic E-state index is 12.1. The van der Waals surface area contributed by atoms with Crippen LogP contribution in [-0.2, 0) is 9.53 Å². The molecule has 0 radical (unpaired) electrons. The zero-order valence-electron chi connectivity index (χ0n) is 14.0. The molecular weight excluding hydrogens is 280 g/mol. The second-order valence-electron chi connectivity index (χ2n) is 5.41. The Hall–Kier alpha value is -1.59. The number of nitrogens with zero attached hydrogens (tertiary/aromatic N) is 2. The fraction of sp³-hybridized carbons (Fsp3) is 0.588. The van der Waals surface area contributed by atoms with E-state index in [-0.39, 0.29) is 5.91 Å². The summed E-state index contributed by atoms with van der Waals surface area (Å²) in [7, 11) is 5.49. The second kappa shape index (κ2) is 11.0. The Morgan fingerprint density at radius 1 is 1.05 bits per heavy atom. The van der Waals surface area contributed by atoms with E-state index in [0.717, 1.165) is 31.7 Å². The molecule has 0 aliphatic rings. The van der Waals surface area contributed by atoms with Crippen LogP contribution < -0.4 is 4.74 Å². The summed E-state index contributed by atoms with van der Waals surface area (Å²) >= 11 is 0. The SMILES string of the molecule is COCCCN(C)CC(=O)N(C)CCCOc1ccccc1. The summed E-state index contributed by atoms with van der Waals surface area (Å²) in [5.74, 6) is 1.01. The van der Waals surface area contributed by atoms with Gasteiger partial charge in [-0.25, -0.2) is 0 Å². The van der Waals surface area contributed by atoms with Gasteiger partial charge in [0.05, 0.1) is 13.2 Å². The normalized spacial score (nSPS) is 10.7. The smallest absolute Gasteiger partial charge is 0.236 e. The van der Waals surface area contributed by atoms with Crippen molar-refractivity contribution in [2.45, 2.75) is 12.8 Å². The fourth-order valence-electron chi connectivity index (χ4n) is 2.04. The fourth-order valence-corrected chi connectivity index (χ4v) is 2.04. The number of para-hydroxylation sites is 1. The van der Waals surface area contributed by atoms with Crippen molar-refractivity contribution in [2.75, 3.05) is 54.1 Å². The Morgan fingerprint density at radius 2 is 1.73 bits per heavy atom. The van der Waals surface area contributed by atoms with Crippen LogP contribution in [0, 0.1) is 0 Å². The largest absolute Gasteiger partial charge is 0.494 e. The Balaban J connectivity index is 2.13. The lowest BCUT2D eigenvalue weighted by Gasteiger charge is -2.21.